The van der Waals surface area contributed by atoms with E-state index < -0.39 is 23.7 Å². The molecule has 1 aliphatic rings. The van der Waals surface area contributed by atoms with Crippen molar-refractivity contribution in [3.63, 3.8) is 0 Å². The zero-order valence-corrected chi connectivity index (χ0v) is 16.8. The van der Waals surface area contributed by atoms with E-state index in [0.29, 0.717) is 16.6 Å². The normalized spacial score (nSPS) is 15.9. The minimum Gasteiger partial charge on any atom is -0.503 e. The highest BCUT2D eigenvalue weighted by molar-refractivity contribution is 9.10. The van der Waals surface area contributed by atoms with Gasteiger partial charge in [-0.15, -0.1) is 0 Å². The molecule has 140 valence electrons. The minimum atomic E-state index is -0.644. The number of hydrogen-bond donors (Lipinski definition) is 1. The summed E-state index contributed by atoms with van der Waals surface area (Å²) in [6, 6.07) is 3.16. The van der Waals surface area contributed by atoms with Gasteiger partial charge in [-0.2, -0.15) is 0 Å². The van der Waals surface area contributed by atoms with Crippen LogP contribution in [0, 0.1) is 0 Å². The molecule has 0 saturated carbocycles. The molecule has 26 heavy (non-hydrogen) atoms. The summed E-state index contributed by atoms with van der Waals surface area (Å²) in [5, 5.41) is 9.41. The second kappa shape index (κ2) is 8.59. The number of nitrogens with zero attached hydrogens (tertiary/aromatic N) is 1. The number of esters is 1. The van der Waals surface area contributed by atoms with E-state index in [1.54, 1.807) is 32.9 Å². The molecule has 0 unspecified atom stereocenters. The summed E-state index contributed by atoms with van der Waals surface area (Å²) in [5.74, 6) is -1.00. The quantitative estimate of drug-likeness (QED) is 0.530. The van der Waals surface area contributed by atoms with Crippen molar-refractivity contribution in [3.05, 3.63) is 27.1 Å². The zero-order chi connectivity index (χ0) is 19.4. The average Bonchev–Trinajstić information content (AvgIpc) is 2.79. The van der Waals surface area contributed by atoms with Crippen LogP contribution in [0.15, 0.2) is 21.5 Å². The molecule has 9 heteroatoms. The van der Waals surface area contributed by atoms with Crippen LogP contribution in [0.1, 0.15) is 26.3 Å². The van der Waals surface area contributed by atoms with E-state index in [1.165, 1.54) is 6.08 Å². The summed E-state index contributed by atoms with van der Waals surface area (Å²) in [7, 11) is 0. The molecule has 1 heterocycles. The van der Waals surface area contributed by atoms with Crippen molar-refractivity contribution in [2.24, 2.45) is 0 Å². The Balaban J connectivity index is 2.23. The molecule has 2 rings (SSSR count). The number of carbonyl (C=O) groups is 3. The van der Waals surface area contributed by atoms with Crippen LogP contribution < -0.4 is 4.74 Å². The van der Waals surface area contributed by atoms with Gasteiger partial charge in [-0.3, -0.25) is 19.3 Å². The van der Waals surface area contributed by atoms with Crippen LogP contribution in [0.25, 0.3) is 6.08 Å². The van der Waals surface area contributed by atoms with E-state index in [-0.39, 0.29) is 22.5 Å². The third-order valence-electron chi connectivity index (χ3n) is 3.18. The molecular weight excluding hydrogens is 426 g/mol. The van der Waals surface area contributed by atoms with Crippen molar-refractivity contribution in [2.45, 2.75) is 26.9 Å². The summed E-state index contributed by atoms with van der Waals surface area (Å²) in [6.45, 7) is 5.08. The van der Waals surface area contributed by atoms with Gasteiger partial charge in [-0.25, -0.2) is 0 Å². The van der Waals surface area contributed by atoms with E-state index >= 15 is 0 Å². The monoisotopic (exact) mass is 443 g/mol. The topological polar surface area (TPSA) is 93.1 Å². The first-order valence-corrected chi connectivity index (χ1v) is 9.44. The van der Waals surface area contributed by atoms with E-state index in [0.717, 1.165) is 16.7 Å². The van der Waals surface area contributed by atoms with Crippen molar-refractivity contribution < 1.29 is 29.0 Å². The number of phenols is 1. The van der Waals surface area contributed by atoms with E-state index in [1.807, 2.05) is 0 Å². The summed E-state index contributed by atoms with van der Waals surface area (Å²) < 4.78 is 10.7. The lowest BCUT2D eigenvalue weighted by atomic mass is 10.2. The fourth-order valence-corrected chi connectivity index (χ4v) is 3.46. The minimum absolute atomic E-state index is 0.0477. The Morgan fingerprint density at radius 1 is 1.38 bits per heavy atom. The molecule has 0 aromatic heterocycles. The second-order valence-electron chi connectivity index (χ2n) is 5.59. The van der Waals surface area contributed by atoms with Crippen LogP contribution in [-0.2, 0) is 14.3 Å². The Morgan fingerprint density at radius 2 is 2.08 bits per heavy atom. The van der Waals surface area contributed by atoms with Crippen LogP contribution in [0.2, 0.25) is 0 Å². The third-order valence-corrected chi connectivity index (χ3v) is 4.69. The van der Waals surface area contributed by atoms with Crippen molar-refractivity contribution in [3.8, 4) is 11.5 Å². The second-order valence-corrected chi connectivity index (χ2v) is 7.44. The number of thioether (sulfide) groups is 1. The molecule has 0 radical (unpaired) electrons. The van der Waals surface area contributed by atoms with Gasteiger partial charge >= 0.3 is 5.97 Å². The van der Waals surface area contributed by atoms with Crippen LogP contribution in [0.4, 0.5) is 4.79 Å². The van der Waals surface area contributed by atoms with Gasteiger partial charge in [-0.1, -0.05) is 0 Å². The van der Waals surface area contributed by atoms with Gasteiger partial charge in [0.05, 0.1) is 22.1 Å². The number of phenolic OH excluding ortho intramolecular Hbond substituents is 1. The highest BCUT2D eigenvalue weighted by atomic mass is 79.9. The predicted molar refractivity (Wildman–Crippen MR) is 101 cm³/mol. The molecule has 1 saturated heterocycles. The maximum Gasteiger partial charge on any atom is 0.326 e. The van der Waals surface area contributed by atoms with Crippen molar-refractivity contribution >= 4 is 50.9 Å². The Bertz CT molecular complexity index is 777. The first-order chi connectivity index (χ1) is 12.2. The van der Waals surface area contributed by atoms with Gasteiger partial charge < -0.3 is 14.6 Å². The largest absolute Gasteiger partial charge is 0.503 e. The molecule has 0 spiro atoms. The molecule has 1 fully saturated rings. The van der Waals surface area contributed by atoms with E-state index in [4.69, 9.17) is 9.47 Å². The highest BCUT2D eigenvalue weighted by Gasteiger charge is 2.36. The Hall–Kier alpha value is -2.00. The zero-order valence-electron chi connectivity index (χ0n) is 14.4. The number of aromatic hydroxyl groups is 1. The van der Waals surface area contributed by atoms with E-state index in [9.17, 15) is 19.5 Å². The summed E-state index contributed by atoms with van der Waals surface area (Å²) in [6.07, 6.45) is 1.18. The lowest BCUT2D eigenvalue weighted by molar-refractivity contribution is -0.149. The van der Waals surface area contributed by atoms with Crippen molar-refractivity contribution in [2.75, 3.05) is 13.2 Å². The number of benzene rings is 1. The SMILES string of the molecule is CCOc1cc(/C=C2\SC(=O)N(CC(=O)OC(C)C)C2=O)cc(Br)c1O. The number of imide groups is 1. The van der Waals surface area contributed by atoms with Gasteiger partial charge in [0.15, 0.2) is 11.5 Å². The summed E-state index contributed by atoms with van der Waals surface area (Å²) in [5.41, 5.74) is 0.563. The number of carbonyl (C=O) groups excluding carboxylic acids is 3. The van der Waals surface area contributed by atoms with Gasteiger partial charge in [0.2, 0.25) is 0 Å². The molecule has 2 amide bonds. The predicted octanol–water partition coefficient (Wildman–Crippen LogP) is 3.54. The standard InChI is InChI=1S/C17H18BrNO6S/c1-4-24-12-6-10(5-11(18)15(12)21)7-13-16(22)19(17(23)26-13)8-14(20)25-9(2)3/h5-7,9,21H,4,8H2,1-3H3/b13-7-. The number of rotatable bonds is 6. The van der Waals surface area contributed by atoms with Gasteiger partial charge in [0, 0.05) is 0 Å². The average molecular weight is 444 g/mol. The van der Waals surface area contributed by atoms with Crippen LogP contribution in [0.5, 0.6) is 11.5 Å². The molecule has 1 aromatic rings. The maximum atomic E-state index is 12.4. The fraction of sp³-hybridized carbons (Fsp3) is 0.353. The number of hydrogen-bond acceptors (Lipinski definition) is 7. The lowest BCUT2D eigenvalue weighted by Gasteiger charge is -2.13. The molecule has 1 aliphatic heterocycles. The van der Waals surface area contributed by atoms with Gasteiger partial charge in [-0.05, 0) is 72.2 Å². The smallest absolute Gasteiger partial charge is 0.326 e. The van der Waals surface area contributed by atoms with Crippen molar-refractivity contribution in [1.82, 2.24) is 4.90 Å². The van der Waals surface area contributed by atoms with Crippen LogP contribution in [-0.4, -0.2) is 46.4 Å². The van der Waals surface area contributed by atoms with E-state index in [2.05, 4.69) is 15.9 Å². The molecule has 0 bridgehead atoms. The first kappa shape index (κ1) is 20.3. The molecule has 1 N–H and O–H groups in total. The Labute approximate surface area is 163 Å². The molecule has 7 nitrogen and oxygen atoms in total. The van der Waals surface area contributed by atoms with Crippen LogP contribution >= 0.6 is 27.7 Å². The summed E-state index contributed by atoms with van der Waals surface area (Å²) >= 11 is 3.96. The number of halogens is 1. The molecule has 1 aromatic carbocycles. The highest BCUT2D eigenvalue weighted by Crippen LogP contribution is 2.38. The van der Waals surface area contributed by atoms with Gasteiger partial charge in [0.1, 0.15) is 6.54 Å². The van der Waals surface area contributed by atoms with Crippen LogP contribution in [0.3, 0.4) is 0 Å². The fourth-order valence-electron chi connectivity index (χ4n) is 2.16. The molecule has 0 aliphatic carbocycles. The third kappa shape index (κ3) is 4.79. The molecule has 0 atom stereocenters. The van der Waals surface area contributed by atoms with Gasteiger partial charge in [0.25, 0.3) is 11.1 Å². The summed E-state index contributed by atoms with van der Waals surface area (Å²) in [4.78, 5) is 37.2. The number of ether oxygens (including phenoxy) is 2. The van der Waals surface area contributed by atoms with Crippen molar-refractivity contribution in [1.29, 1.82) is 0 Å². The number of amides is 2. The lowest BCUT2D eigenvalue weighted by Crippen LogP contribution is -2.35. The molecular formula is C17H18BrNO6S. The Kier molecular flexibility index (Phi) is 6.71. The first-order valence-electron chi connectivity index (χ1n) is 7.83. The Morgan fingerprint density at radius 3 is 2.69 bits per heavy atom. The maximum absolute atomic E-state index is 12.4.